The molecule has 0 fully saturated rings. The van der Waals surface area contributed by atoms with E-state index in [1.54, 1.807) is 0 Å². The van der Waals surface area contributed by atoms with Crippen molar-refractivity contribution in [3.8, 4) is 0 Å². The average molecular weight is 227 g/mol. The van der Waals surface area contributed by atoms with Crippen LogP contribution in [0, 0.1) is 30.3 Å². The zero-order chi connectivity index (χ0) is 11.8. The van der Waals surface area contributed by atoms with Gasteiger partial charge in [0.1, 0.15) is 6.61 Å². The summed E-state index contributed by atoms with van der Waals surface area (Å²) in [7, 11) is 0. The fraction of sp³-hybridized carbons (Fsp3) is 1.00. The predicted octanol–water partition coefficient (Wildman–Crippen LogP) is -0.673. The molecule has 0 heterocycles. The van der Waals surface area contributed by atoms with Gasteiger partial charge in [-0.2, -0.15) is 0 Å². The van der Waals surface area contributed by atoms with Crippen LogP contribution in [-0.2, 0) is 14.5 Å². The first-order valence-corrected chi connectivity index (χ1v) is 3.31. The topological polar surface area (TPSA) is 157 Å². The first kappa shape index (κ1) is 12.6. The zero-order valence-electron chi connectivity index (χ0n) is 7.01. The molecule has 12 heteroatoms. The average Bonchev–Trinajstić information content (AvgIpc) is 2.00. The first-order valence-electron chi connectivity index (χ1n) is 3.31. The van der Waals surface area contributed by atoms with Crippen molar-refractivity contribution in [3.05, 3.63) is 30.3 Å². The Hall–Kier alpha value is -2.40. The summed E-state index contributed by atoms with van der Waals surface area (Å²) in [5.74, 6) is 0. The molecule has 12 nitrogen and oxygen atoms in total. The quantitative estimate of drug-likeness (QED) is 0.297. The van der Waals surface area contributed by atoms with Gasteiger partial charge in [0, 0.05) is 6.42 Å². The summed E-state index contributed by atoms with van der Waals surface area (Å²) in [6.45, 7) is -0.626. The van der Waals surface area contributed by atoms with E-state index >= 15 is 0 Å². The van der Waals surface area contributed by atoms with E-state index in [1.165, 1.54) is 0 Å². The van der Waals surface area contributed by atoms with Crippen molar-refractivity contribution in [2.45, 2.75) is 12.7 Å². The molecule has 0 N–H and O–H groups in total. The highest BCUT2D eigenvalue weighted by atomic mass is 17.0. The van der Waals surface area contributed by atoms with E-state index in [0.29, 0.717) is 0 Å². The maximum Gasteiger partial charge on any atom is 0.296 e. The molecule has 0 aromatic rings. The minimum absolute atomic E-state index is 0.539. The van der Waals surface area contributed by atoms with Gasteiger partial charge in [0.15, 0.2) is 0 Å². The van der Waals surface area contributed by atoms with Crippen molar-refractivity contribution in [1.82, 2.24) is 0 Å². The molecule has 86 valence electrons. The molecule has 0 aliphatic heterocycles. The van der Waals surface area contributed by atoms with Crippen molar-refractivity contribution < 1.29 is 29.8 Å². The largest absolute Gasteiger partial charge is 0.314 e. The van der Waals surface area contributed by atoms with Crippen LogP contribution in [0.15, 0.2) is 0 Å². The van der Waals surface area contributed by atoms with Crippen LogP contribution < -0.4 is 0 Å². The Balaban J connectivity index is 3.94. The summed E-state index contributed by atoms with van der Waals surface area (Å²) in [6, 6.07) is 0. The van der Waals surface area contributed by atoms with Crippen molar-refractivity contribution in [1.29, 1.82) is 0 Å². The van der Waals surface area contributed by atoms with Gasteiger partial charge in [0.25, 0.3) is 21.5 Å². The molecule has 0 amide bonds. The zero-order valence-corrected chi connectivity index (χ0v) is 7.01. The SMILES string of the molecule is O=[N+]([O-])OCCC(O[N+](=O)[O-])O[N+](=O)[O-]. The van der Waals surface area contributed by atoms with Crippen LogP contribution in [0.2, 0.25) is 0 Å². The van der Waals surface area contributed by atoms with Crippen molar-refractivity contribution in [2.75, 3.05) is 6.61 Å². The second-order valence-electron chi connectivity index (χ2n) is 1.93. The number of rotatable bonds is 8. The van der Waals surface area contributed by atoms with Gasteiger partial charge in [0.05, 0.1) is 0 Å². The molecule has 0 unspecified atom stereocenters. The second-order valence-corrected chi connectivity index (χ2v) is 1.93. The third-order valence-corrected chi connectivity index (χ3v) is 0.958. The van der Waals surface area contributed by atoms with Crippen LogP contribution in [0.3, 0.4) is 0 Å². The number of hydrogen-bond donors (Lipinski definition) is 0. The van der Waals surface area contributed by atoms with E-state index < -0.39 is 34.6 Å². The van der Waals surface area contributed by atoms with Crippen LogP contribution >= 0.6 is 0 Å². The summed E-state index contributed by atoms with van der Waals surface area (Å²) in [5.41, 5.74) is 0. The smallest absolute Gasteiger partial charge is 0.296 e. The molecule has 0 saturated carbocycles. The summed E-state index contributed by atoms with van der Waals surface area (Å²) in [5, 5.41) is 25.5. The monoisotopic (exact) mass is 227 g/mol. The van der Waals surface area contributed by atoms with Crippen LogP contribution in [0.1, 0.15) is 6.42 Å². The fourth-order valence-corrected chi connectivity index (χ4v) is 0.540. The highest BCUT2D eigenvalue weighted by Crippen LogP contribution is 2.01. The molecule has 0 saturated heterocycles. The highest BCUT2D eigenvalue weighted by Gasteiger charge is 2.18. The second kappa shape index (κ2) is 6.11. The van der Waals surface area contributed by atoms with Gasteiger partial charge in [-0.3, -0.25) is 9.68 Å². The lowest BCUT2D eigenvalue weighted by Gasteiger charge is -2.10. The lowest BCUT2D eigenvalue weighted by atomic mass is 10.4. The Morgan fingerprint density at radius 2 is 1.40 bits per heavy atom. The van der Waals surface area contributed by atoms with Crippen LogP contribution in [0.25, 0.3) is 0 Å². The lowest BCUT2D eigenvalue weighted by Crippen LogP contribution is -2.25. The molecule has 0 aliphatic rings. The van der Waals surface area contributed by atoms with Crippen molar-refractivity contribution in [2.24, 2.45) is 0 Å². The van der Waals surface area contributed by atoms with Gasteiger partial charge < -0.3 is 4.84 Å². The Labute approximate surface area is 80.6 Å². The molecular formula is C3H5N3O9. The van der Waals surface area contributed by atoms with E-state index in [9.17, 15) is 30.3 Å². The summed E-state index contributed by atoms with van der Waals surface area (Å²) in [4.78, 5) is 40.4. The van der Waals surface area contributed by atoms with E-state index in [1.807, 2.05) is 0 Å². The van der Waals surface area contributed by atoms with E-state index in [4.69, 9.17) is 0 Å². The van der Waals surface area contributed by atoms with Gasteiger partial charge in [0.2, 0.25) is 0 Å². The summed E-state index contributed by atoms with van der Waals surface area (Å²) < 4.78 is 0. The van der Waals surface area contributed by atoms with Gasteiger partial charge in [-0.15, -0.1) is 30.3 Å². The van der Waals surface area contributed by atoms with Crippen LogP contribution in [-0.4, -0.2) is 28.2 Å². The molecule has 0 aromatic carbocycles. The molecule has 15 heavy (non-hydrogen) atoms. The van der Waals surface area contributed by atoms with Gasteiger partial charge in [-0.1, -0.05) is 0 Å². The minimum Gasteiger partial charge on any atom is -0.314 e. The van der Waals surface area contributed by atoms with Crippen LogP contribution in [0.4, 0.5) is 0 Å². The third-order valence-electron chi connectivity index (χ3n) is 0.958. The maximum absolute atomic E-state index is 9.79. The Morgan fingerprint density at radius 3 is 1.73 bits per heavy atom. The standard InChI is InChI=1S/C3H5N3O9/c7-4(8)13-2-1-3(14-5(9)10)15-6(11)12/h3H,1-2H2. The van der Waals surface area contributed by atoms with Crippen molar-refractivity contribution in [3.63, 3.8) is 0 Å². The fourth-order valence-electron chi connectivity index (χ4n) is 0.540. The Morgan fingerprint density at radius 1 is 0.933 bits per heavy atom. The van der Waals surface area contributed by atoms with E-state index in [-0.39, 0.29) is 0 Å². The number of nitrogens with zero attached hydrogens (tertiary/aromatic N) is 3. The van der Waals surface area contributed by atoms with E-state index in [2.05, 4.69) is 14.5 Å². The van der Waals surface area contributed by atoms with Gasteiger partial charge >= 0.3 is 0 Å². The molecular weight excluding hydrogens is 222 g/mol. The molecule has 0 radical (unpaired) electrons. The molecule has 0 aliphatic carbocycles. The maximum atomic E-state index is 9.79. The molecule has 0 aromatic heterocycles. The van der Waals surface area contributed by atoms with Gasteiger partial charge in [-0.25, -0.2) is 0 Å². The summed E-state index contributed by atoms with van der Waals surface area (Å²) in [6.07, 6.45) is -2.39. The predicted molar refractivity (Wildman–Crippen MR) is 37.5 cm³/mol. The molecule has 0 rings (SSSR count). The van der Waals surface area contributed by atoms with E-state index in [0.717, 1.165) is 0 Å². The normalized spacial score (nSPS) is 9.40. The Kier molecular flexibility index (Phi) is 5.14. The first-order chi connectivity index (χ1) is 6.91. The van der Waals surface area contributed by atoms with Crippen LogP contribution in [0.5, 0.6) is 0 Å². The minimum atomic E-state index is -1.85. The highest BCUT2D eigenvalue weighted by molar-refractivity contribution is 4.37. The van der Waals surface area contributed by atoms with Gasteiger partial charge in [-0.05, 0) is 0 Å². The molecule has 0 spiro atoms. The molecule has 0 atom stereocenters. The molecule has 0 bridgehead atoms. The Bertz CT molecular complexity index is 237. The van der Waals surface area contributed by atoms with Crippen molar-refractivity contribution >= 4 is 0 Å². The number of hydrogen-bond acceptors (Lipinski definition) is 9. The third kappa shape index (κ3) is 7.94. The lowest BCUT2D eigenvalue weighted by molar-refractivity contribution is -0.852. The summed E-state index contributed by atoms with van der Waals surface area (Å²) >= 11 is 0.